The van der Waals surface area contributed by atoms with Gasteiger partial charge in [-0.1, -0.05) is 0 Å². The first-order chi connectivity index (χ1) is 8.41. The molecule has 0 amide bonds. The fraction of sp³-hybridized carbons (Fsp3) is 0.833. The molecule has 18 heavy (non-hydrogen) atoms. The number of hydrogen-bond acceptors (Lipinski definition) is 5. The van der Waals surface area contributed by atoms with E-state index in [2.05, 4.69) is 0 Å². The molecule has 2 saturated carbocycles. The first-order valence-corrected chi connectivity index (χ1v) is 7.83. The Morgan fingerprint density at radius 3 is 2.33 bits per heavy atom. The number of nitriles is 1. The van der Waals surface area contributed by atoms with Crippen LogP contribution >= 0.6 is 0 Å². The molecule has 0 aromatic heterocycles. The number of hydrogen-bond donors (Lipinski definition) is 0. The van der Waals surface area contributed by atoms with E-state index >= 15 is 0 Å². The van der Waals surface area contributed by atoms with Crippen molar-refractivity contribution in [2.45, 2.75) is 43.8 Å². The Morgan fingerprint density at radius 1 is 1.33 bits per heavy atom. The second-order valence-corrected chi connectivity index (χ2v) is 7.61. The second kappa shape index (κ2) is 4.23. The van der Waals surface area contributed by atoms with Crippen molar-refractivity contribution in [3.8, 4) is 6.07 Å². The molecule has 0 aromatic rings. The van der Waals surface area contributed by atoms with Gasteiger partial charge in [-0.05, 0) is 38.0 Å². The Hall–Kier alpha value is -1.09. The van der Waals surface area contributed by atoms with Crippen LogP contribution in [0.3, 0.4) is 0 Å². The Bertz CT molecular complexity index is 495. The average Bonchev–Trinajstić information content (AvgIpc) is 3.12. The van der Waals surface area contributed by atoms with Crippen LogP contribution in [0, 0.1) is 16.7 Å². The number of esters is 1. The maximum atomic E-state index is 12.4. The van der Waals surface area contributed by atoms with E-state index in [0.29, 0.717) is 12.8 Å². The van der Waals surface area contributed by atoms with E-state index in [0.717, 1.165) is 12.8 Å². The lowest BCUT2D eigenvalue weighted by Gasteiger charge is -2.18. The van der Waals surface area contributed by atoms with Crippen LogP contribution in [0.1, 0.15) is 39.0 Å². The molecule has 6 heteroatoms. The van der Waals surface area contributed by atoms with Gasteiger partial charge in [-0.15, -0.1) is 0 Å². The lowest BCUT2D eigenvalue weighted by atomic mass is 10.1. The van der Waals surface area contributed by atoms with Crippen LogP contribution in [-0.4, -0.2) is 31.5 Å². The smallest absolute Gasteiger partial charge is 0.327 e. The molecule has 5 nitrogen and oxygen atoms in total. The molecule has 0 unspecified atom stereocenters. The third-order valence-corrected chi connectivity index (χ3v) is 6.61. The molecule has 2 aliphatic carbocycles. The molecule has 2 fully saturated rings. The minimum Gasteiger partial charge on any atom is -0.465 e. The standard InChI is InChI=1S/C12H17NO4S/c1-2-17-10(14)12(5-6-12)18(15,16)9-11(3-4-11)7-8-13/h2-7,9H2,1H3. The van der Waals surface area contributed by atoms with Crippen molar-refractivity contribution in [2.75, 3.05) is 12.4 Å². The van der Waals surface area contributed by atoms with Crippen molar-refractivity contribution < 1.29 is 17.9 Å². The van der Waals surface area contributed by atoms with Gasteiger partial charge in [0.15, 0.2) is 14.6 Å². The van der Waals surface area contributed by atoms with E-state index in [-0.39, 0.29) is 18.8 Å². The summed E-state index contributed by atoms with van der Waals surface area (Å²) in [5.41, 5.74) is -0.393. The van der Waals surface area contributed by atoms with Gasteiger partial charge in [-0.25, -0.2) is 8.42 Å². The SMILES string of the molecule is CCOC(=O)C1(S(=O)(=O)CC2(CC#N)CC2)CC1. The molecule has 0 radical (unpaired) electrons. The molecule has 0 saturated heterocycles. The first-order valence-electron chi connectivity index (χ1n) is 6.18. The first kappa shape index (κ1) is 13.3. The van der Waals surface area contributed by atoms with E-state index in [9.17, 15) is 13.2 Å². The lowest BCUT2D eigenvalue weighted by Crippen LogP contribution is -2.38. The normalized spacial score (nSPS) is 22.9. The van der Waals surface area contributed by atoms with E-state index < -0.39 is 26.0 Å². The second-order valence-electron chi connectivity index (χ2n) is 5.31. The highest BCUT2D eigenvalue weighted by Gasteiger charge is 2.64. The lowest BCUT2D eigenvalue weighted by molar-refractivity contribution is -0.143. The van der Waals surface area contributed by atoms with Crippen LogP contribution in [-0.2, 0) is 19.4 Å². The largest absolute Gasteiger partial charge is 0.465 e. The molecule has 100 valence electrons. The predicted molar refractivity (Wildman–Crippen MR) is 64.3 cm³/mol. The van der Waals surface area contributed by atoms with Gasteiger partial charge in [0.1, 0.15) is 0 Å². The number of rotatable bonds is 6. The molecular formula is C12H17NO4S. The van der Waals surface area contributed by atoms with Crippen LogP contribution < -0.4 is 0 Å². The van der Waals surface area contributed by atoms with Crippen molar-refractivity contribution in [2.24, 2.45) is 5.41 Å². The molecule has 0 N–H and O–H groups in total. The van der Waals surface area contributed by atoms with E-state index in [1.165, 1.54) is 0 Å². The summed E-state index contributed by atoms with van der Waals surface area (Å²) in [4.78, 5) is 11.8. The van der Waals surface area contributed by atoms with Crippen molar-refractivity contribution in [3.05, 3.63) is 0 Å². The van der Waals surface area contributed by atoms with E-state index in [1.807, 2.05) is 6.07 Å². The van der Waals surface area contributed by atoms with Gasteiger partial charge in [0.25, 0.3) is 0 Å². The quantitative estimate of drug-likeness (QED) is 0.677. The zero-order chi connectivity index (χ0) is 13.4. The molecular weight excluding hydrogens is 254 g/mol. The molecule has 0 heterocycles. The van der Waals surface area contributed by atoms with Crippen molar-refractivity contribution >= 4 is 15.8 Å². The molecule has 0 aliphatic heterocycles. The van der Waals surface area contributed by atoms with Crippen LogP contribution in [0.2, 0.25) is 0 Å². The number of nitrogens with zero attached hydrogens (tertiary/aromatic N) is 1. The summed E-state index contributed by atoms with van der Waals surface area (Å²) < 4.78 is 28.3. The number of carbonyl (C=O) groups excluding carboxylic acids is 1. The van der Waals surface area contributed by atoms with E-state index in [1.54, 1.807) is 6.92 Å². The summed E-state index contributed by atoms with van der Waals surface area (Å²) >= 11 is 0. The molecule has 2 rings (SSSR count). The van der Waals surface area contributed by atoms with Crippen LogP contribution in [0.15, 0.2) is 0 Å². The third kappa shape index (κ3) is 2.12. The van der Waals surface area contributed by atoms with Crippen molar-refractivity contribution in [1.82, 2.24) is 0 Å². The summed E-state index contributed by atoms with van der Waals surface area (Å²) in [6.45, 7) is 1.86. The highest BCUT2D eigenvalue weighted by molar-refractivity contribution is 7.93. The molecule has 0 atom stereocenters. The highest BCUT2D eigenvalue weighted by atomic mass is 32.2. The van der Waals surface area contributed by atoms with Crippen LogP contribution in [0.5, 0.6) is 0 Å². The minimum atomic E-state index is -3.51. The fourth-order valence-corrected chi connectivity index (χ4v) is 4.79. The van der Waals surface area contributed by atoms with Crippen LogP contribution in [0.4, 0.5) is 0 Å². The number of sulfone groups is 1. The summed E-state index contributed by atoms with van der Waals surface area (Å²) in [6.07, 6.45) is 2.50. The monoisotopic (exact) mass is 271 g/mol. The van der Waals surface area contributed by atoms with Crippen molar-refractivity contribution in [3.63, 3.8) is 0 Å². The topological polar surface area (TPSA) is 84.2 Å². The summed E-state index contributed by atoms with van der Waals surface area (Å²) in [7, 11) is -3.51. The predicted octanol–water partition coefficient (Wildman–Crippen LogP) is 1.19. The van der Waals surface area contributed by atoms with Gasteiger partial charge in [0.05, 0.1) is 18.4 Å². The Kier molecular flexibility index (Phi) is 3.14. The molecule has 0 aromatic carbocycles. The van der Waals surface area contributed by atoms with Gasteiger partial charge in [0, 0.05) is 6.42 Å². The Balaban J connectivity index is 2.13. The maximum Gasteiger partial charge on any atom is 0.327 e. The fourth-order valence-electron chi connectivity index (χ4n) is 2.28. The molecule has 0 bridgehead atoms. The number of carbonyl (C=O) groups is 1. The van der Waals surface area contributed by atoms with Gasteiger partial charge in [0.2, 0.25) is 0 Å². The minimum absolute atomic E-state index is 0.0492. The van der Waals surface area contributed by atoms with E-state index in [4.69, 9.17) is 10.00 Å². The summed E-state index contributed by atoms with van der Waals surface area (Å²) in [6, 6.07) is 2.04. The van der Waals surface area contributed by atoms with Crippen LogP contribution in [0.25, 0.3) is 0 Å². The number of ether oxygens (including phenoxy) is 1. The van der Waals surface area contributed by atoms with Gasteiger partial charge >= 0.3 is 5.97 Å². The summed E-state index contributed by atoms with van der Waals surface area (Å²) in [5, 5.41) is 8.71. The van der Waals surface area contributed by atoms with Gasteiger partial charge in [-0.3, -0.25) is 4.79 Å². The van der Waals surface area contributed by atoms with Crippen molar-refractivity contribution in [1.29, 1.82) is 5.26 Å². The third-order valence-electron chi connectivity index (χ3n) is 3.85. The zero-order valence-corrected chi connectivity index (χ0v) is 11.3. The Labute approximate surface area is 107 Å². The average molecular weight is 271 g/mol. The maximum absolute atomic E-state index is 12.4. The highest BCUT2D eigenvalue weighted by Crippen LogP contribution is 2.54. The molecule has 2 aliphatic rings. The zero-order valence-electron chi connectivity index (χ0n) is 10.4. The van der Waals surface area contributed by atoms with Gasteiger partial charge in [-0.2, -0.15) is 5.26 Å². The van der Waals surface area contributed by atoms with Gasteiger partial charge < -0.3 is 4.74 Å². The Morgan fingerprint density at radius 2 is 1.94 bits per heavy atom. The summed E-state index contributed by atoms with van der Waals surface area (Å²) in [5.74, 6) is -0.662. The molecule has 0 spiro atoms.